The van der Waals surface area contributed by atoms with Gasteiger partial charge in [0.25, 0.3) is 11.8 Å². The van der Waals surface area contributed by atoms with Crippen molar-refractivity contribution in [3.63, 3.8) is 0 Å². The van der Waals surface area contributed by atoms with E-state index in [0.29, 0.717) is 24.2 Å². The largest absolute Gasteiger partial charge is 0.375 e. The molecule has 0 radical (unpaired) electrons. The highest BCUT2D eigenvalue weighted by Gasteiger charge is 2.15. The number of aromatic nitrogens is 1. The normalized spacial score (nSPS) is 12.3. The second-order valence-electron chi connectivity index (χ2n) is 8.57. The zero-order chi connectivity index (χ0) is 25.3. The standard InChI is InChI=1S/C19H31N3O2S.C7H10N2S/c1-2-11-21-18(23)16-9-5-6-10-17(16)19(24)22-14-13-20-12-7-3-4-8-15-25;8-7-9-5-3-1-2-4-6(5)10-7/h5-6,9-10,20,25H,2-4,7-8,11-15H2,1H3,(H,21,23)(H,22,24);1-4H2,(H2,8,9). The van der Waals surface area contributed by atoms with Crippen molar-refractivity contribution in [3.8, 4) is 0 Å². The lowest BCUT2D eigenvalue weighted by molar-refractivity contribution is 0.0919. The molecule has 5 N–H and O–H groups in total. The first kappa shape index (κ1) is 29.1. The Morgan fingerprint density at radius 1 is 0.943 bits per heavy atom. The topological polar surface area (TPSA) is 109 Å². The van der Waals surface area contributed by atoms with Crippen LogP contribution in [0.25, 0.3) is 0 Å². The highest BCUT2D eigenvalue weighted by atomic mass is 32.1. The number of carbonyl (C=O) groups excluding carboxylic acids is 2. The molecule has 2 amide bonds. The van der Waals surface area contributed by atoms with E-state index in [1.54, 1.807) is 35.6 Å². The highest BCUT2D eigenvalue weighted by molar-refractivity contribution is 7.80. The number of hydrogen-bond acceptors (Lipinski definition) is 7. The summed E-state index contributed by atoms with van der Waals surface area (Å²) in [6.45, 7) is 4.82. The van der Waals surface area contributed by atoms with E-state index in [1.807, 2.05) is 6.92 Å². The predicted octanol–water partition coefficient (Wildman–Crippen LogP) is 4.24. The number of nitrogens with two attached hydrogens (primary N) is 1. The van der Waals surface area contributed by atoms with E-state index < -0.39 is 0 Å². The van der Waals surface area contributed by atoms with Crippen LogP contribution < -0.4 is 21.7 Å². The van der Waals surface area contributed by atoms with Crippen molar-refractivity contribution in [1.29, 1.82) is 0 Å². The molecule has 1 aromatic carbocycles. The molecule has 0 fully saturated rings. The number of thiol groups is 1. The van der Waals surface area contributed by atoms with E-state index in [2.05, 4.69) is 33.6 Å². The maximum Gasteiger partial charge on any atom is 0.252 e. The number of anilines is 1. The third-order valence-corrected chi connectivity index (χ3v) is 6.97. The van der Waals surface area contributed by atoms with Crippen molar-refractivity contribution in [2.45, 2.75) is 64.7 Å². The van der Waals surface area contributed by atoms with Crippen molar-refractivity contribution in [2.75, 3.05) is 37.7 Å². The van der Waals surface area contributed by atoms with Crippen LogP contribution in [0.3, 0.4) is 0 Å². The van der Waals surface area contributed by atoms with Gasteiger partial charge in [-0.05, 0) is 69.4 Å². The molecule has 0 saturated carbocycles. The molecule has 9 heteroatoms. The summed E-state index contributed by atoms with van der Waals surface area (Å²) in [5.74, 6) is 0.544. The zero-order valence-electron chi connectivity index (χ0n) is 20.9. The van der Waals surface area contributed by atoms with E-state index in [9.17, 15) is 9.59 Å². The second-order valence-corrected chi connectivity index (χ2v) is 10.1. The number of nitrogens with one attached hydrogen (secondary N) is 3. The van der Waals surface area contributed by atoms with Gasteiger partial charge in [-0.15, -0.1) is 11.3 Å². The number of nitrogen functional groups attached to an aromatic ring is 1. The fourth-order valence-corrected chi connectivity index (χ4v) is 4.93. The fraction of sp³-hybridized carbons (Fsp3) is 0.577. The molecule has 3 rings (SSSR count). The van der Waals surface area contributed by atoms with Crippen molar-refractivity contribution in [1.82, 2.24) is 20.9 Å². The Morgan fingerprint density at radius 2 is 1.60 bits per heavy atom. The van der Waals surface area contributed by atoms with Gasteiger partial charge in [-0.2, -0.15) is 12.6 Å². The zero-order valence-corrected chi connectivity index (χ0v) is 22.6. The molecule has 35 heavy (non-hydrogen) atoms. The number of fused-ring (bicyclic) bond motifs is 1. The molecule has 1 heterocycles. The monoisotopic (exact) mass is 519 g/mol. The molecular weight excluding hydrogens is 478 g/mol. The van der Waals surface area contributed by atoms with E-state index in [1.165, 1.54) is 49.1 Å². The minimum Gasteiger partial charge on any atom is -0.375 e. The molecule has 1 aromatic heterocycles. The lowest BCUT2D eigenvalue weighted by Gasteiger charge is -2.11. The maximum atomic E-state index is 12.3. The van der Waals surface area contributed by atoms with Gasteiger partial charge in [-0.1, -0.05) is 31.9 Å². The lowest BCUT2D eigenvalue weighted by atomic mass is 10.0. The third-order valence-electron chi connectivity index (χ3n) is 5.66. The first-order valence-electron chi connectivity index (χ1n) is 12.8. The van der Waals surface area contributed by atoms with E-state index >= 15 is 0 Å². The van der Waals surface area contributed by atoms with Crippen molar-refractivity contribution in [3.05, 3.63) is 46.0 Å². The Labute approximate surface area is 219 Å². The molecule has 1 aliphatic rings. The Bertz CT molecular complexity index is 880. The van der Waals surface area contributed by atoms with Gasteiger partial charge in [0.2, 0.25) is 0 Å². The van der Waals surface area contributed by atoms with Crippen LogP contribution in [-0.4, -0.2) is 48.7 Å². The molecule has 194 valence electrons. The fourth-order valence-electron chi connectivity index (χ4n) is 3.78. The van der Waals surface area contributed by atoms with Crippen LogP contribution in [0.1, 0.15) is 83.2 Å². The number of nitrogens with zero attached hydrogens (tertiary/aromatic N) is 1. The molecule has 0 saturated heterocycles. The molecular formula is C26H41N5O2S2. The lowest BCUT2D eigenvalue weighted by Crippen LogP contribution is -2.34. The van der Waals surface area contributed by atoms with Crippen LogP contribution in [0.2, 0.25) is 0 Å². The van der Waals surface area contributed by atoms with Crippen molar-refractivity contribution < 1.29 is 9.59 Å². The summed E-state index contributed by atoms with van der Waals surface area (Å²) in [7, 11) is 0. The summed E-state index contributed by atoms with van der Waals surface area (Å²) in [4.78, 5) is 30.1. The molecule has 0 bridgehead atoms. The van der Waals surface area contributed by atoms with Gasteiger partial charge in [0, 0.05) is 24.5 Å². The second kappa shape index (κ2) is 17.3. The highest BCUT2D eigenvalue weighted by Crippen LogP contribution is 2.27. The number of carbonyl (C=O) groups is 2. The SMILES string of the molecule is CCCNC(=O)c1ccccc1C(=O)NCCNCCCCCCS.Nc1nc2c(s1)CCCC2. The van der Waals surface area contributed by atoms with Crippen LogP contribution >= 0.6 is 24.0 Å². The van der Waals surface area contributed by atoms with Gasteiger partial charge in [0.15, 0.2) is 5.13 Å². The Hall–Kier alpha value is -2.10. The number of unbranched alkanes of at least 4 members (excludes halogenated alkanes) is 3. The molecule has 2 aromatic rings. The van der Waals surface area contributed by atoms with Crippen LogP contribution in [0, 0.1) is 0 Å². The summed E-state index contributed by atoms with van der Waals surface area (Å²) >= 11 is 5.85. The Kier molecular flexibility index (Phi) is 14.4. The molecule has 7 nitrogen and oxygen atoms in total. The van der Waals surface area contributed by atoms with E-state index in [0.717, 1.165) is 43.2 Å². The van der Waals surface area contributed by atoms with Crippen molar-refractivity contribution in [2.24, 2.45) is 0 Å². The number of amides is 2. The van der Waals surface area contributed by atoms with Crippen LogP contribution in [0.4, 0.5) is 5.13 Å². The number of hydrogen-bond donors (Lipinski definition) is 5. The summed E-state index contributed by atoms with van der Waals surface area (Å²) in [5.41, 5.74) is 7.67. The average Bonchev–Trinajstić information content (AvgIpc) is 3.26. The van der Waals surface area contributed by atoms with Gasteiger partial charge < -0.3 is 21.7 Å². The third kappa shape index (κ3) is 11.0. The average molecular weight is 520 g/mol. The number of benzene rings is 1. The van der Waals surface area contributed by atoms with E-state index in [-0.39, 0.29) is 11.8 Å². The molecule has 1 aliphatic carbocycles. The van der Waals surface area contributed by atoms with Crippen LogP contribution in [-0.2, 0) is 12.8 Å². The molecule has 0 atom stereocenters. The first-order chi connectivity index (χ1) is 17.1. The van der Waals surface area contributed by atoms with Gasteiger partial charge in [0.1, 0.15) is 0 Å². The minimum absolute atomic E-state index is 0.202. The van der Waals surface area contributed by atoms with Crippen LogP contribution in [0.5, 0.6) is 0 Å². The van der Waals surface area contributed by atoms with Gasteiger partial charge in [-0.25, -0.2) is 4.98 Å². The summed E-state index contributed by atoms with van der Waals surface area (Å²) in [5, 5.41) is 9.75. The Balaban J connectivity index is 0.000000353. The summed E-state index contributed by atoms with van der Waals surface area (Å²) < 4.78 is 0. The Morgan fingerprint density at radius 3 is 2.26 bits per heavy atom. The number of rotatable bonds is 13. The quantitative estimate of drug-likeness (QED) is 0.201. The molecule has 0 spiro atoms. The summed E-state index contributed by atoms with van der Waals surface area (Å²) in [6.07, 6.45) is 10.5. The van der Waals surface area contributed by atoms with Crippen LogP contribution in [0.15, 0.2) is 24.3 Å². The first-order valence-corrected chi connectivity index (χ1v) is 14.2. The number of aryl methyl sites for hydroxylation is 2. The summed E-state index contributed by atoms with van der Waals surface area (Å²) in [6, 6.07) is 6.91. The maximum absolute atomic E-state index is 12.3. The van der Waals surface area contributed by atoms with Gasteiger partial charge >= 0.3 is 0 Å². The molecule has 0 aliphatic heterocycles. The smallest absolute Gasteiger partial charge is 0.252 e. The van der Waals surface area contributed by atoms with Gasteiger partial charge in [-0.3, -0.25) is 9.59 Å². The minimum atomic E-state index is -0.210. The molecule has 0 unspecified atom stereocenters. The van der Waals surface area contributed by atoms with Gasteiger partial charge in [0.05, 0.1) is 16.8 Å². The van der Waals surface area contributed by atoms with Crippen molar-refractivity contribution >= 4 is 40.9 Å². The number of thiazole rings is 1. The predicted molar refractivity (Wildman–Crippen MR) is 150 cm³/mol. The van der Waals surface area contributed by atoms with E-state index in [4.69, 9.17) is 5.73 Å².